The van der Waals surface area contributed by atoms with Crippen molar-refractivity contribution in [3.05, 3.63) is 84.4 Å². The van der Waals surface area contributed by atoms with Gasteiger partial charge in [-0.05, 0) is 27.7 Å². The highest BCUT2D eigenvalue weighted by molar-refractivity contribution is 6.04. The topological polar surface area (TPSA) is 0 Å². The molecule has 0 spiro atoms. The molecule has 0 atom stereocenters. The maximum atomic E-state index is 4.32. The van der Waals surface area contributed by atoms with E-state index in [2.05, 4.69) is 82.0 Å². The molecule has 0 N–H and O–H groups in total. The lowest BCUT2D eigenvalue weighted by molar-refractivity contribution is 0.546. The van der Waals surface area contributed by atoms with Crippen LogP contribution in [0.25, 0.3) is 11.1 Å². The third-order valence-electron chi connectivity index (χ3n) is 3.11. The third kappa shape index (κ3) is 3.71. The summed E-state index contributed by atoms with van der Waals surface area (Å²) in [6, 6.07) is 20.9. The van der Waals surface area contributed by atoms with Crippen LogP contribution in [-0.2, 0) is 0 Å². The predicted octanol–water partition coefficient (Wildman–Crippen LogP) is 5.83. The van der Waals surface area contributed by atoms with Gasteiger partial charge in [0.25, 0.3) is 0 Å². The van der Waals surface area contributed by atoms with Gasteiger partial charge in [-0.25, -0.2) is 0 Å². The van der Waals surface area contributed by atoms with Crippen LogP contribution < -0.4 is 0 Å². The van der Waals surface area contributed by atoms with Gasteiger partial charge in [0.1, 0.15) is 0 Å². The Kier molecular flexibility index (Phi) is 4.24. The van der Waals surface area contributed by atoms with Gasteiger partial charge in [0.05, 0.1) is 0 Å². The first-order valence-electron chi connectivity index (χ1n) is 7.00. The van der Waals surface area contributed by atoms with Crippen LogP contribution in [0.15, 0.2) is 73.3 Å². The van der Waals surface area contributed by atoms with Crippen molar-refractivity contribution in [1.29, 1.82) is 0 Å². The van der Waals surface area contributed by atoms with E-state index in [1.807, 2.05) is 12.1 Å². The summed E-state index contributed by atoms with van der Waals surface area (Å²) in [6.45, 7) is 11.0. The summed E-state index contributed by atoms with van der Waals surface area (Å²) in [5.74, 6) is 0. The van der Waals surface area contributed by atoms with Crippen molar-refractivity contribution in [1.82, 2.24) is 0 Å². The van der Waals surface area contributed by atoms with Crippen LogP contribution in [0.1, 0.15) is 31.9 Å². The van der Waals surface area contributed by atoms with Crippen molar-refractivity contribution in [3.63, 3.8) is 0 Å². The number of allylic oxidation sites excluding steroid dienone is 3. The lowest BCUT2D eigenvalue weighted by atomic mass is 9.86. The first-order chi connectivity index (χ1) is 9.47. The second-order valence-corrected chi connectivity index (χ2v) is 6.13. The second-order valence-electron chi connectivity index (χ2n) is 6.13. The average Bonchev–Trinajstić information content (AvgIpc) is 2.45. The molecular formula is C20H22. The lowest BCUT2D eigenvalue weighted by Gasteiger charge is -2.19. The Bertz CT molecular complexity index is 595. The molecule has 0 bridgehead atoms. The lowest BCUT2D eigenvalue weighted by Crippen LogP contribution is -2.02. The smallest absolute Gasteiger partial charge is 0.0146 e. The molecule has 2 rings (SSSR count). The Morgan fingerprint density at radius 2 is 1.25 bits per heavy atom. The summed E-state index contributed by atoms with van der Waals surface area (Å²) in [4.78, 5) is 0. The molecule has 2 aromatic rings. The molecule has 0 heterocycles. The molecule has 0 saturated heterocycles. The SMILES string of the molecule is C=C(/C(=C/C(C)(C)C)c1ccccc1)c1ccccc1. The van der Waals surface area contributed by atoms with Crippen LogP contribution >= 0.6 is 0 Å². The van der Waals surface area contributed by atoms with Crippen molar-refractivity contribution in [2.45, 2.75) is 20.8 Å². The van der Waals surface area contributed by atoms with E-state index >= 15 is 0 Å². The quantitative estimate of drug-likeness (QED) is 0.610. The molecule has 0 aliphatic heterocycles. The van der Waals surface area contributed by atoms with Crippen molar-refractivity contribution >= 4 is 11.1 Å². The van der Waals surface area contributed by atoms with Crippen LogP contribution in [0.4, 0.5) is 0 Å². The highest BCUT2D eigenvalue weighted by Gasteiger charge is 2.13. The molecular weight excluding hydrogens is 240 g/mol. The van der Waals surface area contributed by atoms with E-state index in [1.165, 1.54) is 16.7 Å². The first kappa shape index (κ1) is 14.3. The summed E-state index contributed by atoms with van der Waals surface area (Å²) in [5.41, 5.74) is 4.79. The Morgan fingerprint density at radius 1 is 0.800 bits per heavy atom. The molecule has 0 aromatic heterocycles. The molecule has 0 aliphatic carbocycles. The second kappa shape index (κ2) is 5.92. The van der Waals surface area contributed by atoms with Crippen molar-refractivity contribution in [3.8, 4) is 0 Å². The highest BCUT2D eigenvalue weighted by atomic mass is 14.2. The minimum absolute atomic E-state index is 0.114. The summed E-state index contributed by atoms with van der Waals surface area (Å²) in [6.07, 6.45) is 2.30. The third-order valence-corrected chi connectivity index (χ3v) is 3.11. The highest BCUT2D eigenvalue weighted by Crippen LogP contribution is 2.33. The van der Waals surface area contributed by atoms with Crippen LogP contribution in [0.3, 0.4) is 0 Å². The Balaban J connectivity index is 2.49. The molecule has 2 aromatic carbocycles. The van der Waals surface area contributed by atoms with Gasteiger partial charge in [-0.3, -0.25) is 0 Å². The number of benzene rings is 2. The Labute approximate surface area is 122 Å². The van der Waals surface area contributed by atoms with Crippen molar-refractivity contribution in [2.24, 2.45) is 5.41 Å². The summed E-state index contributed by atoms with van der Waals surface area (Å²) in [7, 11) is 0. The first-order valence-corrected chi connectivity index (χ1v) is 7.00. The van der Waals surface area contributed by atoms with E-state index < -0.39 is 0 Å². The molecule has 0 saturated carbocycles. The van der Waals surface area contributed by atoms with Gasteiger partial charge in [-0.2, -0.15) is 0 Å². The zero-order valence-electron chi connectivity index (χ0n) is 12.6. The van der Waals surface area contributed by atoms with Gasteiger partial charge in [-0.15, -0.1) is 0 Å². The van der Waals surface area contributed by atoms with Crippen molar-refractivity contribution < 1.29 is 0 Å². The molecule has 0 fully saturated rings. The van der Waals surface area contributed by atoms with E-state index in [1.54, 1.807) is 0 Å². The van der Waals surface area contributed by atoms with Gasteiger partial charge >= 0.3 is 0 Å². The molecule has 0 heteroatoms. The summed E-state index contributed by atoms with van der Waals surface area (Å²) in [5, 5.41) is 0. The average molecular weight is 262 g/mol. The maximum Gasteiger partial charge on any atom is -0.0146 e. The van der Waals surface area contributed by atoms with Gasteiger partial charge < -0.3 is 0 Å². The van der Waals surface area contributed by atoms with Crippen LogP contribution in [0.2, 0.25) is 0 Å². The fourth-order valence-corrected chi connectivity index (χ4v) is 2.19. The summed E-state index contributed by atoms with van der Waals surface area (Å²) >= 11 is 0. The zero-order valence-corrected chi connectivity index (χ0v) is 12.6. The van der Waals surface area contributed by atoms with Crippen molar-refractivity contribution in [2.75, 3.05) is 0 Å². The van der Waals surface area contributed by atoms with Gasteiger partial charge in [-0.1, -0.05) is 94.1 Å². The largest absolute Gasteiger partial charge is 0.0905 e. The van der Waals surface area contributed by atoms with Gasteiger partial charge in [0.15, 0.2) is 0 Å². The molecule has 0 nitrogen and oxygen atoms in total. The van der Waals surface area contributed by atoms with E-state index in [-0.39, 0.29) is 5.41 Å². The Hall–Kier alpha value is -2.08. The Morgan fingerprint density at radius 3 is 1.70 bits per heavy atom. The van der Waals surface area contributed by atoms with Crippen LogP contribution in [0, 0.1) is 5.41 Å². The predicted molar refractivity (Wildman–Crippen MR) is 89.4 cm³/mol. The van der Waals surface area contributed by atoms with Crippen LogP contribution in [0.5, 0.6) is 0 Å². The minimum Gasteiger partial charge on any atom is -0.0905 e. The molecule has 102 valence electrons. The zero-order chi connectivity index (χ0) is 14.6. The molecule has 0 radical (unpaired) electrons. The number of rotatable bonds is 3. The molecule has 0 unspecified atom stereocenters. The normalized spacial score (nSPS) is 12.2. The van der Waals surface area contributed by atoms with E-state index in [0.29, 0.717) is 0 Å². The number of hydrogen-bond donors (Lipinski definition) is 0. The van der Waals surface area contributed by atoms with E-state index in [0.717, 1.165) is 5.57 Å². The fraction of sp³-hybridized carbons (Fsp3) is 0.200. The van der Waals surface area contributed by atoms with Crippen LogP contribution in [-0.4, -0.2) is 0 Å². The van der Waals surface area contributed by atoms with E-state index in [9.17, 15) is 0 Å². The number of hydrogen-bond acceptors (Lipinski definition) is 0. The molecule has 0 amide bonds. The minimum atomic E-state index is 0.114. The van der Waals surface area contributed by atoms with E-state index in [4.69, 9.17) is 0 Å². The monoisotopic (exact) mass is 262 g/mol. The maximum absolute atomic E-state index is 4.32. The summed E-state index contributed by atoms with van der Waals surface area (Å²) < 4.78 is 0. The molecule has 20 heavy (non-hydrogen) atoms. The molecule has 0 aliphatic rings. The van der Waals surface area contributed by atoms with Gasteiger partial charge in [0, 0.05) is 0 Å². The fourth-order valence-electron chi connectivity index (χ4n) is 2.19. The standard InChI is InChI=1S/C20H22/c1-16(17-11-7-5-8-12-17)19(15-20(2,3)4)18-13-9-6-10-14-18/h5-15H,1H2,2-4H3/b19-15-. The van der Waals surface area contributed by atoms with Gasteiger partial charge in [0.2, 0.25) is 0 Å².